The van der Waals surface area contributed by atoms with Crippen molar-refractivity contribution in [2.75, 3.05) is 7.11 Å². The second-order valence-electron chi connectivity index (χ2n) is 3.96. The van der Waals surface area contributed by atoms with Crippen LogP contribution in [-0.2, 0) is 4.74 Å². The highest BCUT2D eigenvalue weighted by Crippen LogP contribution is 2.48. The van der Waals surface area contributed by atoms with Gasteiger partial charge in [-0.3, -0.25) is 0 Å². The zero-order chi connectivity index (χ0) is 16.6. The van der Waals surface area contributed by atoms with E-state index in [9.17, 15) is 9.18 Å². The Hall–Kier alpha value is -0.780. The Kier molecular flexibility index (Phi) is 5.41. The lowest BCUT2D eigenvalue weighted by Gasteiger charge is -2.13. The van der Waals surface area contributed by atoms with Crippen molar-refractivity contribution in [2.45, 2.75) is 0 Å². The second-order valence-corrected chi connectivity index (χ2v) is 5.85. The molecule has 0 spiro atoms. The summed E-state index contributed by atoms with van der Waals surface area (Å²) in [5.41, 5.74) is -0.488. The zero-order valence-electron chi connectivity index (χ0n) is 10.7. The average Bonchev–Trinajstić information content (AvgIpc) is 2.52. The first-order valence-corrected chi connectivity index (χ1v) is 7.45. The highest BCUT2D eigenvalue weighted by atomic mass is 35.5. The van der Waals surface area contributed by atoms with Crippen LogP contribution in [0.5, 0.6) is 0 Å². The van der Waals surface area contributed by atoms with E-state index in [-0.39, 0.29) is 42.1 Å². The van der Waals surface area contributed by atoms with E-state index in [0.29, 0.717) is 0 Å². The van der Waals surface area contributed by atoms with E-state index >= 15 is 0 Å². The number of nitrogens with zero attached hydrogens (tertiary/aromatic N) is 1. The van der Waals surface area contributed by atoms with Gasteiger partial charge in [0.25, 0.3) is 0 Å². The predicted octanol–water partition coefficient (Wildman–Crippen LogP) is 5.94. The predicted molar refractivity (Wildman–Crippen MR) is 86.0 cm³/mol. The third-order valence-corrected chi connectivity index (χ3v) is 4.96. The topological polar surface area (TPSA) is 39.2 Å². The largest absolute Gasteiger partial charge is 0.464 e. The summed E-state index contributed by atoms with van der Waals surface area (Å²) >= 11 is 29.9. The van der Waals surface area contributed by atoms with Crippen molar-refractivity contribution in [1.82, 2.24) is 4.98 Å². The number of rotatable bonds is 2. The fourth-order valence-electron chi connectivity index (χ4n) is 1.65. The molecule has 1 heterocycles. The molecule has 0 N–H and O–H groups in total. The van der Waals surface area contributed by atoms with Gasteiger partial charge in [-0.25, -0.2) is 14.2 Å². The van der Waals surface area contributed by atoms with E-state index in [1.165, 1.54) is 7.11 Å². The summed E-state index contributed by atoms with van der Waals surface area (Å²) in [6, 6.07) is 2.18. The number of carbonyl (C=O) groups excluding carboxylic acids is 1. The van der Waals surface area contributed by atoms with Gasteiger partial charge in [-0.05, 0) is 12.1 Å². The summed E-state index contributed by atoms with van der Waals surface area (Å²) in [5.74, 6) is -1.52. The van der Waals surface area contributed by atoms with Crippen LogP contribution in [-0.4, -0.2) is 18.1 Å². The molecule has 0 fully saturated rings. The first-order chi connectivity index (χ1) is 10.3. The van der Waals surface area contributed by atoms with Crippen LogP contribution >= 0.6 is 58.0 Å². The lowest BCUT2D eigenvalue weighted by atomic mass is 10.1. The van der Waals surface area contributed by atoms with Gasteiger partial charge < -0.3 is 4.74 Å². The van der Waals surface area contributed by atoms with Crippen molar-refractivity contribution in [2.24, 2.45) is 0 Å². The van der Waals surface area contributed by atoms with E-state index in [1.807, 2.05) is 0 Å². The van der Waals surface area contributed by atoms with Gasteiger partial charge in [-0.15, -0.1) is 0 Å². The van der Waals surface area contributed by atoms with E-state index in [2.05, 4.69) is 9.72 Å². The minimum absolute atomic E-state index is 0.0633. The molecule has 3 nitrogen and oxygen atoms in total. The molecule has 2 rings (SSSR count). The molecule has 1 aromatic carbocycles. The van der Waals surface area contributed by atoms with Crippen molar-refractivity contribution in [1.29, 1.82) is 0 Å². The molecule has 0 saturated carbocycles. The Labute approximate surface area is 149 Å². The number of methoxy groups -OCH3 is 1. The molecule has 116 valence electrons. The van der Waals surface area contributed by atoms with Gasteiger partial charge in [0.1, 0.15) is 17.2 Å². The molecule has 0 aliphatic rings. The van der Waals surface area contributed by atoms with E-state index in [4.69, 9.17) is 58.0 Å². The first-order valence-electron chi connectivity index (χ1n) is 5.56. The first kappa shape index (κ1) is 17.6. The van der Waals surface area contributed by atoms with Gasteiger partial charge in [-0.2, -0.15) is 0 Å². The van der Waals surface area contributed by atoms with Gasteiger partial charge in [0.2, 0.25) is 0 Å². The molecule has 0 unspecified atom stereocenters. The highest BCUT2D eigenvalue weighted by molar-refractivity contribution is 6.56. The highest BCUT2D eigenvalue weighted by Gasteiger charge is 2.24. The molecule has 2 aromatic rings. The summed E-state index contributed by atoms with van der Waals surface area (Å²) < 4.78 is 18.6. The standard InChI is InChI=1S/C13H5Cl5FNO2/c1-22-13(21)5-3-2-4(19)12(20-5)6-7(14)9(16)11(18)10(17)8(6)15/h2-3H,1H3. The van der Waals surface area contributed by atoms with Gasteiger partial charge in [0.15, 0.2) is 0 Å². The van der Waals surface area contributed by atoms with Crippen LogP contribution in [0.15, 0.2) is 12.1 Å². The molecule has 0 radical (unpaired) electrons. The van der Waals surface area contributed by atoms with Crippen LogP contribution in [0, 0.1) is 5.82 Å². The zero-order valence-corrected chi connectivity index (χ0v) is 14.5. The molecule has 0 amide bonds. The maximum atomic E-state index is 14.1. The number of halogens is 6. The number of benzene rings is 1. The molecule has 0 bridgehead atoms. The van der Waals surface area contributed by atoms with Crippen molar-refractivity contribution in [3.8, 4) is 11.3 Å². The van der Waals surface area contributed by atoms with E-state index in [0.717, 1.165) is 12.1 Å². The average molecular weight is 403 g/mol. The van der Waals surface area contributed by atoms with E-state index in [1.54, 1.807) is 0 Å². The monoisotopic (exact) mass is 401 g/mol. The molecule has 0 aliphatic heterocycles. The Bertz CT molecular complexity index is 753. The van der Waals surface area contributed by atoms with E-state index < -0.39 is 11.8 Å². The van der Waals surface area contributed by atoms with Crippen molar-refractivity contribution in [3.63, 3.8) is 0 Å². The van der Waals surface area contributed by atoms with Gasteiger partial charge in [-0.1, -0.05) is 58.0 Å². The fraction of sp³-hybridized carbons (Fsp3) is 0.0769. The summed E-state index contributed by atoms with van der Waals surface area (Å²) in [4.78, 5) is 15.4. The van der Waals surface area contributed by atoms with Crippen LogP contribution in [0.2, 0.25) is 25.1 Å². The lowest BCUT2D eigenvalue weighted by Crippen LogP contribution is -2.06. The maximum Gasteiger partial charge on any atom is 0.356 e. The summed E-state index contributed by atoms with van der Waals surface area (Å²) in [6.45, 7) is 0. The lowest BCUT2D eigenvalue weighted by molar-refractivity contribution is 0.0594. The quantitative estimate of drug-likeness (QED) is 0.354. The number of carbonyl (C=O) groups is 1. The smallest absolute Gasteiger partial charge is 0.356 e. The van der Waals surface area contributed by atoms with Crippen molar-refractivity contribution < 1.29 is 13.9 Å². The Balaban J connectivity index is 2.80. The van der Waals surface area contributed by atoms with Crippen LogP contribution in [0.25, 0.3) is 11.3 Å². The number of pyridine rings is 1. The van der Waals surface area contributed by atoms with Crippen molar-refractivity contribution in [3.05, 3.63) is 48.8 Å². The normalized spacial score (nSPS) is 10.7. The van der Waals surface area contributed by atoms with Crippen LogP contribution in [0.1, 0.15) is 10.5 Å². The van der Waals surface area contributed by atoms with Crippen LogP contribution in [0.3, 0.4) is 0 Å². The van der Waals surface area contributed by atoms with Gasteiger partial charge in [0, 0.05) is 5.56 Å². The SMILES string of the molecule is COC(=O)c1ccc(F)c(-c2c(Cl)c(Cl)c(Cl)c(Cl)c2Cl)n1. The number of esters is 1. The third kappa shape index (κ3) is 2.99. The van der Waals surface area contributed by atoms with Gasteiger partial charge in [0.05, 0.1) is 32.2 Å². The van der Waals surface area contributed by atoms with Gasteiger partial charge >= 0.3 is 5.97 Å². The molecule has 0 atom stereocenters. The number of hydrogen-bond donors (Lipinski definition) is 0. The molecular weight excluding hydrogens is 398 g/mol. The Morgan fingerprint density at radius 1 is 1.00 bits per heavy atom. The molecule has 9 heteroatoms. The fourth-order valence-corrected chi connectivity index (χ4v) is 2.97. The Morgan fingerprint density at radius 3 is 2.00 bits per heavy atom. The van der Waals surface area contributed by atoms with Crippen LogP contribution < -0.4 is 0 Å². The molecule has 1 aromatic heterocycles. The number of ether oxygens (including phenoxy) is 1. The van der Waals surface area contributed by atoms with Crippen molar-refractivity contribution >= 4 is 64.0 Å². The molecule has 0 aliphatic carbocycles. The second kappa shape index (κ2) is 6.77. The Morgan fingerprint density at radius 2 is 1.50 bits per heavy atom. The molecule has 22 heavy (non-hydrogen) atoms. The third-order valence-electron chi connectivity index (χ3n) is 2.69. The minimum atomic E-state index is -0.772. The maximum absolute atomic E-state index is 14.1. The summed E-state index contributed by atoms with van der Waals surface area (Å²) in [5, 5.41) is -0.523. The minimum Gasteiger partial charge on any atom is -0.464 e. The summed E-state index contributed by atoms with van der Waals surface area (Å²) in [7, 11) is 1.17. The summed E-state index contributed by atoms with van der Waals surface area (Å²) in [6.07, 6.45) is 0. The molecular formula is C13H5Cl5FNO2. The molecule has 0 saturated heterocycles. The number of hydrogen-bond acceptors (Lipinski definition) is 3. The number of aromatic nitrogens is 1. The van der Waals surface area contributed by atoms with Crippen LogP contribution in [0.4, 0.5) is 4.39 Å².